The maximum absolute atomic E-state index is 10.0. The Kier molecular flexibility index (Phi) is 4.43. The first-order chi connectivity index (χ1) is 8.63. The van der Waals surface area contributed by atoms with Crippen LogP contribution in [0.3, 0.4) is 0 Å². The topological polar surface area (TPSA) is 56.6 Å². The van der Waals surface area contributed by atoms with Crippen LogP contribution >= 0.6 is 11.6 Å². The molecule has 0 saturated heterocycles. The number of aromatic nitrogens is 1. The van der Waals surface area contributed by atoms with E-state index in [1.165, 1.54) is 0 Å². The molecule has 100 valence electrons. The van der Waals surface area contributed by atoms with E-state index in [1.54, 1.807) is 12.3 Å². The molecule has 1 aromatic heterocycles. The molecule has 0 aromatic carbocycles. The summed E-state index contributed by atoms with van der Waals surface area (Å²) >= 11 is 5.93. The van der Waals surface area contributed by atoms with Crippen LogP contribution < -0.4 is 4.90 Å². The van der Waals surface area contributed by atoms with Crippen LogP contribution in [-0.4, -0.2) is 34.4 Å². The Morgan fingerprint density at radius 2 is 2.17 bits per heavy atom. The largest absolute Gasteiger partial charge is 0.392 e. The van der Waals surface area contributed by atoms with Gasteiger partial charge < -0.3 is 15.1 Å². The third kappa shape index (κ3) is 2.76. The third-order valence-corrected chi connectivity index (χ3v) is 3.98. The average molecular weight is 271 g/mol. The molecular formula is C13H19ClN2O2. The molecule has 2 atom stereocenters. The minimum absolute atomic E-state index is 0.0963. The van der Waals surface area contributed by atoms with Gasteiger partial charge >= 0.3 is 0 Å². The van der Waals surface area contributed by atoms with Crippen LogP contribution in [0.5, 0.6) is 0 Å². The zero-order valence-electron chi connectivity index (χ0n) is 10.5. The summed E-state index contributed by atoms with van der Waals surface area (Å²) in [5.41, 5.74) is 0.666. The molecule has 1 aromatic rings. The van der Waals surface area contributed by atoms with Gasteiger partial charge in [-0.25, -0.2) is 4.98 Å². The Hall–Kier alpha value is -0.840. The predicted octanol–water partition coefficient (Wildman–Crippen LogP) is 1.97. The highest BCUT2D eigenvalue weighted by molar-refractivity contribution is 6.31. The molecule has 1 heterocycles. The van der Waals surface area contributed by atoms with Gasteiger partial charge in [0, 0.05) is 18.8 Å². The lowest BCUT2D eigenvalue weighted by atomic mass is 9.91. The Morgan fingerprint density at radius 1 is 1.44 bits per heavy atom. The monoisotopic (exact) mass is 270 g/mol. The van der Waals surface area contributed by atoms with E-state index in [0.717, 1.165) is 31.5 Å². The van der Waals surface area contributed by atoms with Crippen molar-refractivity contribution in [2.45, 2.75) is 44.4 Å². The number of likely N-dealkylation sites (N-methyl/N-ethyl adjacent to an activating group) is 1. The van der Waals surface area contributed by atoms with Crippen LogP contribution in [-0.2, 0) is 6.61 Å². The van der Waals surface area contributed by atoms with E-state index in [1.807, 2.05) is 11.9 Å². The van der Waals surface area contributed by atoms with E-state index in [4.69, 9.17) is 11.6 Å². The van der Waals surface area contributed by atoms with Crippen molar-refractivity contribution >= 4 is 17.4 Å². The summed E-state index contributed by atoms with van der Waals surface area (Å²) in [6, 6.07) is 1.88. The van der Waals surface area contributed by atoms with Crippen molar-refractivity contribution in [3.8, 4) is 0 Å². The van der Waals surface area contributed by atoms with Crippen LogP contribution in [0.15, 0.2) is 12.3 Å². The van der Waals surface area contributed by atoms with Crippen molar-refractivity contribution in [1.29, 1.82) is 0 Å². The summed E-state index contributed by atoms with van der Waals surface area (Å²) in [6.07, 6.45) is 5.27. The number of pyridine rings is 1. The summed E-state index contributed by atoms with van der Waals surface area (Å²) in [4.78, 5) is 6.25. The molecule has 0 amide bonds. The van der Waals surface area contributed by atoms with Gasteiger partial charge in [-0.1, -0.05) is 24.4 Å². The SMILES string of the molecule is CN(c1cc(CO)c(Cl)cn1)C1CCCCC1O. The van der Waals surface area contributed by atoms with Crippen molar-refractivity contribution in [3.05, 3.63) is 22.8 Å². The second-order valence-corrected chi connectivity index (χ2v) is 5.23. The van der Waals surface area contributed by atoms with E-state index in [9.17, 15) is 10.2 Å². The molecule has 0 aliphatic heterocycles. The molecule has 0 radical (unpaired) electrons. The quantitative estimate of drug-likeness (QED) is 0.882. The Balaban J connectivity index is 2.19. The number of aliphatic hydroxyl groups is 2. The third-order valence-electron chi connectivity index (χ3n) is 3.64. The lowest BCUT2D eigenvalue weighted by Crippen LogP contribution is -2.43. The van der Waals surface area contributed by atoms with Gasteiger partial charge in [0.15, 0.2) is 0 Å². The van der Waals surface area contributed by atoms with Crippen LogP contribution in [0.25, 0.3) is 0 Å². The minimum Gasteiger partial charge on any atom is -0.392 e. The normalized spacial score (nSPS) is 24.0. The molecule has 4 nitrogen and oxygen atoms in total. The van der Waals surface area contributed by atoms with Gasteiger partial charge in [0.2, 0.25) is 0 Å². The average Bonchev–Trinajstić information content (AvgIpc) is 2.39. The fourth-order valence-electron chi connectivity index (χ4n) is 2.50. The Morgan fingerprint density at radius 3 is 2.83 bits per heavy atom. The second-order valence-electron chi connectivity index (χ2n) is 4.82. The summed E-state index contributed by atoms with van der Waals surface area (Å²) in [7, 11) is 1.93. The predicted molar refractivity (Wildman–Crippen MR) is 71.8 cm³/mol. The summed E-state index contributed by atoms with van der Waals surface area (Å²) in [5, 5.41) is 19.7. The van der Waals surface area contributed by atoms with Crippen LogP contribution in [0.4, 0.5) is 5.82 Å². The number of nitrogens with zero attached hydrogens (tertiary/aromatic N) is 2. The first-order valence-corrected chi connectivity index (χ1v) is 6.67. The van der Waals surface area contributed by atoms with E-state index >= 15 is 0 Å². The zero-order chi connectivity index (χ0) is 13.1. The van der Waals surface area contributed by atoms with Gasteiger partial charge in [0.05, 0.1) is 23.8 Å². The van der Waals surface area contributed by atoms with Gasteiger partial charge in [-0.15, -0.1) is 0 Å². The minimum atomic E-state index is -0.307. The molecule has 1 aliphatic carbocycles. The summed E-state index contributed by atoms with van der Waals surface area (Å²) in [6.45, 7) is -0.102. The number of aliphatic hydroxyl groups excluding tert-OH is 2. The highest BCUT2D eigenvalue weighted by atomic mass is 35.5. The van der Waals surface area contributed by atoms with Crippen molar-refractivity contribution in [3.63, 3.8) is 0 Å². The number of rotatable bonds is 3. The molecule has 5 heteroatoms. The van der Waals surface area contributed by atoms with Crippen molar-refractivity contribution in [1.82, 2.24) is 4.98 Å². The summed E-state index contributed by atoms with van der Waals surface area (Å²) in [5.74, 6) is 0.745. The first kappa shape index (κ1) is 13.6. The Labute approximate surface area is 112 Å². The number of halogens is 1. The molecule has 0 bridgehead atoms. The Bertz CT molecular complexity index is 414. The highest BCUT2D eigenvalue weighted by Crippen LogP contribution is 2.27. The highest BCUT2D eigenvalue weighted by Gasteiger charge is 2.27. The van der Waals surface area contributed by atoms with E-state index in [2.05, 4.69) is 4.98 Å². The van der Waals surface area contributed by atoms with E-state index in [0.29, 0.717) is 10.6 Å². The van der Waals surface area contributed by atoms with Gasteiger partial charge in [-0.3, -0.25) is 0 Å². The lowest BCUT2D eigenvalue weighted by molar-refractivity contribution is 0.106. The van der Waals surface area contributed by atoms with Crippen LogP contribution in [0.1, 0.15) is 31.2 Å². The molecule has 1 aliphatic rings. The lowest BCUT2D eigenvalue weighted by Gasteiger charge is -2.36. The van der Waals surface area contributed by atoms with Crippen molar-refractivity contribution in [2.75, 3.05) is 11.9 Å². The second kappa shape index (κ2) is 5.87. The first-order valence-electron chi connectivity index (χ1n) is 6.29. The smallest absolute Gasteiger partial charge is 0.129 e. The zero-order valence-corrected chi connectivity index (χ0v) is 11.3. The van der Waals surface area contributed by atoms with E-state index in [-0.39, 0.29) is 18.8 Å². The van der Waals surface area contributed by atoms with Gasteiger partial charge in [-0.05, 0) is 18.9 Å². The molecule has 1 saturated carbocycles. The maximum atomic E-state index is 10.0. The standard InChI is InChI=1S/C13H19ClN2O2/c1-16(11-4-2-3-5-12(11)18)13-6-9(8-17)10(14)7-15-13/h6-7,11-12,17-18H,2-5,8H2,1H3. The van der Waals surface area contributed by atoms with Gasteiger partial charge in [-0.2, -0.15) is 0 Å². The molecule has 0 spiro atoms. The number of hydrogen-bond acceptors (Lipinski definition) is 4. The van der Waals surface area contributed by atoms with Crippen LogP contribution in [0, 0.1) is 0 Å². The number of anilines is 1. The molecule has 1 fully saturated rings. The van der Waals surface area contributed by atoms with Crippen molar-refractivity contribution in [2.24, 2.45) is 0 Å². The molecule has 2 unspecified atom stereocenters. The fourth-order valence-corrected chi connectivity index (χ4v) is 2.66. The fraction of sp³-hybridized carbons (Fsp3) is 0.615. The molecular weight excluding hydrogens is 252 g/mol. The molecule has 18 heavy (non-hydrogen) atoms. The van der Waals surface area contributed by atoms with Crippen LogP contribution in [0.2, 0.25) is 5.02 Å². The molecule has 2 N–H and O–H groups in total. The number of hydrogen-bond donors (Lipinski definition) is 2. The molecule has 2 rings (SSSR count). The van der Waals surface area contributed by atoms with Gasteiger partial charge in [0.25, 0.3) is 0 Å². The summed E-state index contributed by atoms with van der Waals surface area (Å²) < 4.78 is 0. The van der Waals surface area contributed by atoms with E-state index < -0.39 is 0 Å². The van der Waals surface area contributed by atoms with Crippen molar-refractivity contribution < 1.29 is 10.2 Å². The van der Waals surface area contributed by atoms with Gasteiger partial charge in [0.1, 0.15) is 5.82 Å². The maximum Gasteiger partial charge on any atom is 0.129 e.